The van der Waals surface area contributed by atoms with Gasteiger partial charge in [-0.05, 0) is 56.7 Å². The Morgan fingerprint density at radius 3 is 2.75 bits per heavy atom. The maximum atomic E-state index is 12.2. The summed E-state index contributed by atoms with van der Waals surface area (Å²) < 4.78 is 0. The van der Waals surface area contributed by atoms with Crippen LogP contribution in [0, 0.1) is 5.92 Å². The van der Waals surface area contributed by atoms with Crippen LogP contribution in [0.25, 0.3) is 0 Å². The number of carbonyl (C=O) groups excluding carboxylic acids is 2. The monoisotopic (exact) mass is 555 g/mol. The van der Waals surface area contributed by atoms with Gasteiger partial charge in [-0.2, -0.15) is 0 Å². The number of carbonyl (C=O) groups is 2. The predicted molar refractivity (Wildman–Crippen MR) is 140 cm³/mol. The average Bonchev–Trinajstić information content (AvgIpc) is 2.92. The lowest BCUT2D eigenvalue weighted by Gasteiger charge is -2.24. The summed E-state index contributed by atoms with van der Waals surface area (Å²) >= 11 is 0. The Morgan fingerprint density at radius 2 is 2.00 bits per heavy atom. The molecule has 1 aromatic carbocycles. The number of rotatable bonds is 9. The molecule has 2 aliphatic rings. The van der Waals surface area contributed by atoms with Crippen LogP contribution in [-0.2, 0) is 16.1 Å². The van der Waals surface area contributed by atoms with Crippen LogP contribution in [0.2, 0.25) is 0 Å². The molecule has 1 aromatic rings. The van der Waals surface area contributed by atoms with E-state index in [2.05, 4.69) is 20.9 Å². The van der Waals surface area contributed by atoms with Crippen LogP contribution in [0.5, 0.6) is 0 Å². The van der Waals surface area contributed by atoms with Gasteiger partial charge in [-0.1, -0.05) is 25.0 Å². The summed E-state index contributed by atoms with van der Waals surface area (Å²) in [5.74, 6) is 1.37. The Kier molecular flexibility index (Phi) is 11.8. The first-order valence-electron chi connectivity index (χ1n) is 11.9. The Labute approximate surface area is 209 Å². The molecule has 0 unspecified atom stereocenters. The van der Waals surface area contributed by atoms with Crippen LogP contribution >= 0.6 is 24.0 Å². The van der Waals surface area contributed by atoms with Crippen molar-refractivity contribution in [2.45, 2.75) is 64.8 Å². The van der Waals surface area contributed by atoms with Gasteiger partial charge >= 0.3 is 0 Å². The van der Waals surface area contributed by atoms with Gasteiger partial charge in [0.2, 0.25) is 11.8 Å². The van der Waals surface area contributed by atoms with Gasteiger partial charge in [-0.15, -0.1) is 24.0 Å². The molecule has 2 amide bonds. The van der Waals surface area contributed by atoms with Crippen molar-refractivity contribution >= 4 is 47.4 Å². The minimum Gasteiger partial charge on any atom is -0.357 e. The third kappa shape index (κ3) is 8.60. The maximum absolute atomic E-state index is 12.2. The first-order valence-corrected chi connectivity index (χ1v) is 11.9. The summed E-state index contributed by atoms with van der Waals surface area (Å²) in [6.45, 7) is 5.83. The molecule has 3 rings (SSSR count). The van der Waals surface area contributed by atoms with Gasteiger partial charge in [0, 0.05) is 44.2 Å². The van der Waals surface area contributed by atoms with Crippen molar-refractivity contribution in [1.29, 1.82) is 0 Å². The van der Waals surface area contributed by atoms with Gasteiger partial charge in [0.05, 0.1) is 6.54 Å². The maximum Gasteiger partial charge on any atom is 0.227 e. The summed E-state index contributed by atoms with van der Waals surface area (Å²) in [6.07, 6.45) is 8.04. The summed E-state index contributed by atoms with van der Waals surface area (Å²) in [5, 5.41) is 9.67. The van der Waals surface area contributed by atoms with Crippen LogP contribution in [0.15, 0.2) is 29.3 Å². The topological polar surface area (TPSA) is 85.8 Å². The van der Waals surface area contributed by atoms with Gasteiger partial charge in [0.1, 0.15) is 0 Å². The molecule has 1 aliphatic heterocycles. The van der Waals surface area contributed by atoms with E-state index >= 15 is 0 Å². The van der Waals surface area contributed by atoms with Crippen LogP contribution in [0.4, 0.5) is 5.69 Å². The number of guanidine groups is 1. The number of hydrogen-bond donors (Lipinski definition) is 3. The molecule has 0 bridgehead atoms. The second kappa shape index (κ2) is 14.3. The number of anilines is 1. The number of benzene rings is 1. The Morgan fingerprint density at radius 1 is 1.16 bits per heavy atom. The lowest BCUT2D eigenvalue weighted by Crippen LogP contribution is -2.39. The lowest BCUT2D eigenvalue weighted by molar-refractivity contribution is -0.130. The van der Waals surface area contributed by atoms with Crippen LogP contribution in [0.1, 0.15) is 63.9 Å². The number of nitrogens with one attached hydrogen (secondary N) is 3. The highest BCUT2D eigenvalue weighted by Crippen LogP contribution is 2.27. The number of nitrogens with zero attached hydrogens (tertiary/aromatic N) is 2. The van der Waals surface area contributed by atoms with Gasteiger partial charge in [0.15, 0.2) is 5.96 Å². The number of likely N-dealkylation sites (tertiary alicyclic amines) is 1. The zero-order valence-electron chi connectivity index (χ0n) is 19.2. The molecule has 2 fully saturated rings. The summed E-state index contributed by atoms with van der Waals surface area (Å²) in [5.41, 5.74) is 1.89. The Hall–Kier alpha value is -1.84. The van der Waals surface area contributed by atoms with Crippen molar-refractivity contribution in [3.63, 3.8) is 0 Å². The second-order valence-corrected chi connectivity index (χ2v) is 8.48. The highest BCUT2D eigenvalue weighted by atomic mass is 127. The number of aliphatic imine (C=N–C) groups is 1. The highest BCUT2D eigenvalue weighted by molar-refractivity contribution is 14.0. The first kappa shape index (κ1) is 26.4. The second-order valence-electron chi connectivity index (χ2n) is 8.48. The van der Waals surface area contributed by atoms with Gasteiger partial charge < -0.3 is 20.9 Å². The first-order chi connectivity index (χ1) is 15.2. The molecule has 1 heterocycles. The number of amides is 2. The summed E-state index contributed by atoms with van der Waals surface area (Å²) in [7, 11) is 0. The Balaban J connectivity index is 0.00000363. The molecule has 8 heteroatoms. The molecule has 1 saturated heterocycles. The van der Waals surface area contributed by atoms with Crippen molar-refractivity contribution in [2.75, 3.05) is 31.5 Å². The SMILES string of the molecule is CCNC(=NCc1cccc(NC(=O)C2CCC2)c1)NCCCN1CCCCCC1=O.I. The van der Waals surface area contributed by atoms with E-state index < -0.39 is 0 Å². The molecule has 32 heavy (non-hydrogen) atoms. The van der Waals surface area contributed by atoms with Crippen molar-refractivity contribution < 1.29 is 9.59 Å². The van der Waals surface area contributed by atoms with E-state index in [1.165, 1.54) is 0 Å². The molecule has 0 spiro atoms. The molecule has 3 N–H and O–H groups in total. The predicted octanol–water partition coefficient (Wildman–Crippen LogP) is 3.89. The summed E-state index contributed by atoms with van der Waals surface area (Å²) in [6, 6.07) is 7.91. The fourth-order valence-electron chi connectivity index (χ4n) is 3.93. The lowest BCUT2D eigenvalue weighted by atomic mass is 9.85. The average molecular weight is 556 g/mol. The Bertz CT molecular complexity index is 767. The van der Waals surface area contributed by atoms with Gasteiger partial charge in [0.25, 0.3) is 0 Å². The zero-order chi connectivity index (χ0) is 21.9. The molecule has 0 radical (unpaired) electrons. The minimum absolute atomic E-state index is 0. The third-order valence-corrected chi connectivity index (χ3v) is 6.00. The van der Waals surface area contributed by atoms with Crippen molar-refractivity contribution in [3.05, 3.63) is 29.8 Å². The third-order valence-electron chi connectivity index (χ3n) is 6.00. The van der Waals surface area contributed by atoms with E-state index in [1.54, 1.807) is 0 Å². The standard InChI is InChI=1S/C24H37N5O2.HI/c1-2-25-24(26-14-8-16-29-15-5-3-4-13-22(29)30)27-18-19-9-6-12-21(17-19)28-23(31)20-10-7-11-20;/h6,9,12,17,20H,2-5,7-8,10-11,13-16,18H2,1H3,(H,28,31)(H2,25,26,27);1H. The van der Waals surface area contributed by atoms with Gasteiger partial charge in [-0.25, -0.2) is 4.99 Å². The minimum atomic E-state index is 0. The molecule has 1 saturated carbocycles. The van der Waals surface area contributed by atoms with E-state index in [1.807, 2.05) is 36.1 Å². The van der Waals surface area contributed by atoms with E-state index in [4.69, 9.17) is 0 Å². The van der Waals surface area contributed by atoms with Crippen LogP contribution < -0.4 is 16.0 Å². The number of hydrogen-bond acceptors (Lipinski definition) is 3. The van der Waals surface area contributed by atoms with Crippen molar-refractivity contribution in [2.24, 2.45) is 10.9 Å². The molecular formula is C24H38IN5O2. The fourth-order valence-corrected chi connectivity index (χ4v) is 3.93. The van der Waals surface area contributed by atoms with E-state index in [0.717, 1.165) is 88.3 Å². The number of halogens is 1. The molecule has 178 valence electrons. The molecule has 7 nitrogen and oxygen atoms in total. The quantitative estimate of drug-likeness (QED) is 0.187. The van der Waals surface area contributed by atoms with E-state index in [9.17, 15) is 9.59 Å². The molecule has 0 aromatic heterocycles. The molecular weight excluding hydrogens is 517 g/mol. The van der Waals surface area contributed by atoms with E-state index in [-0.39, 0.29) is 35.8 Å². The fraction of sp³-hybridized carbons (Fsp3) is 0.625. The van der Waals surface area contributed by atoms with Crippen molar-refractivity contribution in [1.82, 2.24) is 15.5 Å². The zero-order valence-corrected chi connectivity index (χ0v) is 21.5. The molecule has 0 atom stereocenters. The summed E-state index contributed by atoms with van der Waals surface area (Å²) in [4.78, 5) is 31.0. The van der Waals surface area contributed by atoms with Crippen molar-refractivity contribution in [3.8, 4) is 0 Å². The molecule has 1 aliphatic carbocycles. The van der Waals surface area contributed by atoms with Gasteiger partial charge in [-0.3, -0.25) is 9.59 Å². The largest absolute Gasteiger partial charge is 0.357 e. The highest BCUT2D eigenvalue weighted by Gasteiger charge is 2.25. The van der Waals surface area contributed by atoms with E-state index in [0.29, 0.717) is 18.9 Å². The normalized spacial score (nSPS) is 17.1. The smallest absolute Gasteiger partial charge is 0.227 e. The van der Waals surface area contributed by atoms with Crippen LogP contribution in [-0.4, -0.2) is 48.9 Å². The van der Waals surface area contributed by atoms with Crippen LogP contribution in [0.3, 0.4) is 0 Å².